The van der Waals surface area contributed by atoms with Gasteiger partial charge in [0.25, 0.3) is 0 Å². The molecule has 2 heterocycles. The number of fused-ring (bicyclic) bond motifs is 1. The van der Waals surface area contributed by atoms with Gasteiger partial charge in [0.2, 0.25) is 5.82 Å². The first-order valence-corrected chi connectivity index (χ1v) is 5.96. The van der Waals surface area contributed by atoms with E-state index in [0.29, 0.717) is 5.82 Å². The average molecular weight is 269 g/mol. The fourth-order valence-electron chi connectivity index (χ4n) is 2.03. The Morgan fingerprint density at radius 1 is 1.25 bits per heavy atom. The van der Waals surface area contributed by atoms with Crippen LogP contribution in [0.4, 0.5) is 11.5 Å². The number of para-hydroxylation sites is 2. The molecule has 3 rings (SSSR count). The molecule has 0 aliphatic rings. The van der Waals surface area contributed by atoms with Gasteiger partial charge in [0.15, 0.2) is 0 Å². The summed E-state index contributed by atoms with van der Waals surface area (Å²) in [6.45, 7) is 0. The summed E-state index contributed by atoms with van der Waals surface area (Å²) in [5.41, 5.74) is 1.47. The molecular weight excluding hydrogens is 258 g/mol. The van der Waals surface area contributed by atoms with E-state index in [9.17, 15) is 10.1 Å². The summed E-state index contributed by atoms with van der Waals surface area (Å²) >= 11 is 0. The second-order valence-corrected chi connectivity index (χ2v) is 4.15. The van der Waals surface area contributed by atoms with Crippen LogP contribution in [0.25, 0.3) is 16.9 Å². The molecule has 0 saturated heterocycles. The van der Waals surface area contributed by atoms with E-state index in [-0.39, 0.29) is 11.5 Å². The van der Waals surface area contributed by atoms with Crippen molar-refractivity contribution in [3.63, 3.8) is 0 Å². The number of hydrogen-bond donors (Lipinski definition) is 1. The van der Waals surface area contributed by atoms with Crippen molar-refractivity contribution in [1.82, 2.24) is 14.5 Å². The summed E-state index contributed by atoms with van der Waals surface area (Å²) in [5, 5.41) is 14.0. The fourth-order valence-corrected chi connectivity index (χ4v) is 2.03. The summed E-state index contributed by atoms with van der Waals surface area (Å²) in [5.74, 6) is 0.805. The molecule has 20 heavy (non-hydrogen) atoms. The molecule has 0 radical (unpaired) electrons. The predicted molar refractivity (Wildman–Crippen MR) is 75.1 cm³/mol. The van der Waals surface area contributed by atoms with Crippen LogP contribution < -0.4 is 5.32 Å². The van der Waals surface area contributed by atoms with E-state index in [1.54, 1.807) is 24.0 Å². The van der Waals surface area contributed by atoms with E-state index in [0.717, 1.165) is 11.0 Å². The lowest BCUT2D eigenvalue weighted by Gasteiger charge is -2.06. The molecule has 7 nitrogen and oxygen atoms in total. The van der Waals surface area contributed by atoms with Gasteiger partial charge in [-0.3, -0.25) is 14.7 Å². The van der Waals surface area contributed by atoms with Gasteiger partial charge in [-0.25, -0.2) is 9.97 Å². The van der Waals surface area contributed by atoms with Gasteiger partial charge in [-0.1, -0.05) is 12.1 Å². The van der Waals surface area contributed by atoms with Crippen LogP contribution in [0, 0.1) is 10.1 Å². The van der Waals surface area contributed by atoms with Gasteiger partial charge in [0.1, 0.15) is 12.1 Å². The van der Waals surface area contributed by atoms with Crippen LogP contribution >= 0.6 is 0 Å². The molecule has 0 aliphatic carbocycles. The fraction of sp³-hybridized carbons (Fsp3) is 0.0769. The minimum absolute atomic E-state index is 0.0628. The second kappa shape index (κ2) is 4.61. The Morgan fingerprint density at radius 3 is 2.80 bits per heavy atom. The number of hydrogen-bond acceptors (Lipinski definition) is 5. The standard InChI is InChI=1S/C13H11N5O2/c1-14-12-7-6-11(18(19)20)13(16-12)17-8-15-9-4-2-3-5-10(9)17/h2-8H,1H3,(H,14,16). The summed E-state index contributed by atoms with van der Waals surface area (Å²) in [7, 11) is 1.71. The van der Waals surface area contributed by atoms with Crippen LogP contribution in [0.3, 0.4) is 0 Å². The monoisotopic (exact) mass is 269 g/mol. The average Bonchev–Trinajstić information content (AvgIpc) is 2.90. The number of benzene rings is 1. The lowest BCUT2D eigenvalue weighted by atomic mass is 10.3. The first-order valence-electron chi connectivity index (χ1n) is 5.96. The molecule has 0 aliphatic heterocycles. The highest BCUT2D eigenvalue weighted by atomic mass is 16.6. The zero-order chi connectivity index (χ0) is 14.1. The van der Waals surface area contributed by atoms with Crippen molar-refractivity contribution < 1.29 is 4.92 Å². The maximum Gasteiger partial charge on any atom is 0.312 e. The smallest absolute Gasteiger partial charge is 0.312 e. The topological polar surface area (TPSA) is 85.9 Å². The maximum absolute atomic E-state index is 11.2. The van der Waals surface area contributed by atoms with E-state index in [4.69, 9.17) is 0 Å². The molecule has 0 spiro atoms. The van der Waals surface area contributed by atoms with Crippen LogP contribution in [0.1, 0.15) is 0 Å². The maximum atomic E-state index is 11.2. The largest absolute Gasteiger partial charge is 0.373 e. The number of pyridine rings is 1. The highest BCUT2D eigenvalue weighted by Crippen LogP contribution is 2.26. The van der Waals surface area contributed by atoms with Crippen molar-refractivity contribution in [2.45, 2.75) is 0 Å². The van der Waals surface area contributed by atoms with Gasteiger partial charge in [-0.05, 0) is 18.2 Å². The van der Waals surface area contributed by atoms with E-state index in [1.165, 1.54) is 6.07 Å². The molecule has 0 bridgehead atoms. The van der Waals surface area contributed by atoms with E-state index < -0.39 is 4.92 Å². The van der Waals surface area contributed by atoms with Gasteiger partial charge in [0.05, 0.1) is 16.0 Å². The van der Waals surface area contributed by atoms with E-state index in [1.807, 2.05) is 24.3 Å². The van der Waals surface area contributed by atoms with Crippen LogP contribution in [0.2, 0.25) is 0 Å². The summed E-state index contributed by atoms with van der Waals surface area (Å²) in [4.78, 5) is 19.2. The SMILES string of the molecule is CNc1ccc([N+](=O)[O-])c(-n2cnc3ccccc32)n1. The van der Waals surface area contributed by atoms with Crippen molar-refractivity contribution in [2.75, 3.05) is 12.4 Å². The molecule has 0 atom stereocenters. The van der Waals surface area contributed by atoms with Crippen LogP contribution in [-0.4, -0.2) is 26.5 Å². The van der Waals surface area contributed by atoms with Gasteiger partial charge in [0, 0.05) is 13.1 Å². The number of nitrogens with one attached hydrogen (secondary N) is 1. The molecule has 0 saturated carbocycles. The number of nitrogens with zero attached hydrogens (tertiary/aromatic N) is 4. The number of nitro groups is 1. The van der Waals surface area contributed by atoms with Gasteiger partial charge < -0.3 is 5.32 Å². The van der Waals surface area contributed by atoms with Crippen molar-refractivity contribution in [3.8, 4) is 5.82 Å². The lowest BCUT2D eigenvalue weighted by molar-refractivity contribution is -0.384. The minimum atomic E-state index is -0.448. The highest BCUT2D eigenvalue weighted by Gasteiger charge is 2.19. The molecule has 1 N–H and O–H groups in total. The Labute approximate surface area is 114 Å². The lowest BCUT2D eigenvalue weighted by Crippen LogP contribution is -2.04. The zero-order valence-electron chi connectivity index (χ0n) is 10.6. The van der Waals surface area contributed by atoms with E-state index in [2.05, 4.69) is 15.3 Å². The number of anilines is 1. The van der Waals surface area contributed by atoms with Crippen LogP contribution in [-0.2, 0) is 0 Å². The van der Waals surface area contributed by atoms with Crippen molar-refractivity contribution in [3.05, 3.63) is 52.8 Å². The molecule has 0 amide bonds. The molecular formula is C13H11N5O2. The Balaban J connectivity index is 2.29. The highest BCUT2D eigenvalue weighted by molar-refractivity contribution is 5.78. The third-order valence-electron chi connectivity index (χ3n) is 2.99. The van der Waals surface area contributed by atoms with Crippen molar-refractivity contribution >= 4 is 22.5 Å². The molecule has 7 heteroatoms. The Bertz CT molecular complexity index is 796. The Kier molecular flexibility index (Phi) is 2.79. The third kappa shape index (κ3) is 1.85. The first kappa shape index (κ1) is 12.1. The molecule has 0 unspecified atom stereocenters. The normalized spacial score (nSPS) is 10.7. The number of aromatic nitrogens is 3. The van der Waals surface area contributed by atoms with Crippen molar-refractivity contribution in [1.29, 1.82) is 0 Å². The molecule has 1 aromatic carbocycles. The number of imidazole rings is 1. The minimum Gasteiger partial charge on any atom is -0.373 e. The summed E-state index contributed by atoms with van der Waals surface area (Å²) in [6, 6.07) is 10.4. The molecule has 100 valence electrons. The van der Waals surface area contributed by atoms with Gasteiger partial charge in [-0.2, -0.15) is 0 Å². The Morgan fingerprint density at radius 2 is 2.05 bits per heavy atom. The second-order valence-electron chi connectivity index (χ2n) is 4.15. The quantitative estimate of drug-likeness (QED) is 0.582. The number of rotatable bonds is 3. The summed E-state index contributed by atoms with van der Waals surface area (Å²) < 4.78 is 1.62. The van der Waals surface area contributed by atoms with E-state index >= 15 is 0 Å². The molecule has 2 aromatic heterocycles. The summed E-state index contributed by atoms with van der Waals surface area (Å²) in [6.07, 6.45) is 1.54. The Hall–Kier alpha value is -2.96. The zero-order valence-corrected chi connectivity index (χ0v) is 10.6. The third-order valence-corrected chi connectivity index (χ3v) is 2.99. The molecule has 0 fully saturated rings. The predicted octanol–water partition coefficient (Wildman–Crippen LogP) is 2.37. The van der Waals surface area contributed by atoms with Gasteiger partial charge >= 0.3 is 5.69 Å². The van der Waals surface area contributed by atoms with Crippen LogP contribution in [0.15, 0.2) is 42.7 Å². The van der Waals surface area contributed by atoms with Crippen LogP contribution in [0.5, 0.6) is 0 Å². The van der Waals surface area contributed by atoms with Gasteiger partial charge in [-0.15, -0.1) is 0 Å². The van der Waals surface area contributed by atoms with Crippen molar-refractivity contribution in [2.24, 2.45) is 0 Å². The first-order chi connectivity index (χ1) is 9.70. The molecule has 3 aromatic rings.